The fourth-order valence-electron chi connectivity index (χ4n) is 2.11. The summed E-state index contributed by atoms with van der Waals surface area (Å²) in [5.74, 6) is -1.09. The van der Waals surface area contributed by atoms with Crippen molar-refractivity contribution in [3.05, 3.63) is 59.9 Å². The fourth-order valence-corrected chi connectivity index (χ4v) is 2.11. The van der Waals surface area contributed by atoms with E-state index in [1.54, 1.807) is 10.6 Å². The van der Waals surface area contributed by atoms with E-state index in [-0.39, 0.29) is 5.56 Å². The molecule has 112 valence electrons. The number of nitrogens with zero attached hydrogens (tertiary/aromatic N) is 2. The maximum absolute atomic E-state index is 12.7. The highest BCUT2D eigenvalue weighted by Gasteiger charge is 2.30. The molecule has 0 saturated heterocycles. The first-order valence-electron chi connectivity index (χ1n) is 6.24. The number of alkyl halides is 3. The average Bonchev–Trinajstić information content (AvgIpc) is 2.89. The fraction of sp³-hybridized carbons (Fsp3) is 0.0667. The molecule has 2 aromatic heterocycles. The second-order valence-electron chi connectivity index (χ2n) is 4.69. The maximum atomic E-state index is 12.7. The predicted octanol–water partition coefficient (Wildman–Crippen LogP) is 3.72. The number of benzene rings is 1. The molecule has 0 spiro atoms. The van der Waals surface area contributed by atoms with Crippen molar-refractivity contribution in [1.29, 1.82) is 0 Å². The smallest absolute Gasteiger partial charge is 0.416 e. The van der Waals surface area contributed by atoms with Crippen molar-refractivity contribution in [2.75, 3.05) is 0 Å². The zero-order chi connectivity index (χ0) is 15.9. The molecule has 3 aromatic rings. The zero-order valence-electron chi connectivity index (χ0n) is 11.0. The van der Waals surface area contributed by atoms with Gasteiger partial charge in [-0.3, -0.25) is 0 Å². The minimum Gasteiger partial charge on any atom is -0.478 e. The Labute approximate surface area is 122 Å². The Morgan fingerprint density at radius 3 is 2.64 bits per heavy atom. The van der Waals surface area contributed by atoms with Gasteiger partial charge in [-0.15, -0.1) is 0 Å². The number of pyridine rings is 1. The summed E-state index contributed by atoms with van der Waals surface area (Å²) in [7, 11) is 0. The second-order valence-corrected chi connectivity index (χ2v) is 4.69. The summed E-state index contributed by atoms with van der Waals surface area (Å²) in [6, 6.07) is 7.59. The van der Waals surface area contributed by atoms with Gasteiger partial charge in [0.1, 0.15) is 5.65 Å². The van der Waals surface area contributed by atoms with Crippen molar-refractivity contribution in [2.24, 2.45) is 0 Å². The number of carbonyl (C=O) groups is 1. The van der Waals surface area contributed by atoms with Crippen molar-refractivity contribution < 1.29 is 23.1 Å². The van der Waals surface area contributed by atoms with Crippen LogP contribution in [0.4, 0.5) is 13.2 Å². The number of hydrogen-bond acceptors (Lipinski definition) is 2. The highest BCUT2D eigenvalue weighted by molar-refractivity contribution is 5.88. The van der Waals surface area contributed by atoms with E-state index < -0.39 is 17.7 Å². The van der Waals surface area contributed by atoms with E-state index in [1.807, 2.05) is 0 Å². The van der Waals surface area contributed by atoms with Crippen LogP contribution in [0.3, 0.4) is 0 Å². The van der Waals surface area contributed by atoms with Crippen LogP contribution in [0.5, 0.6) is 0 Å². The molecule has 0 aliphatic carbocycles. The lowest BCUT2D eigenvalue weighted by Gasteiger charge is -2.07. The molecule has 7 heteroatoms. The molecule has 0 aliphatic heterocycles. The van der Waals surface area contributed by atoms with Crippen LogP contribution in [-0.2, 0) is 6.18 Å². The van der Waals surface area contributed by atoms with Gasteiger partial charge in [0.25, 0.3) is 0 Å². The molecule has 0 radical (unpaired) electrons. The van der Waals surface area contributed by atoms with Gasteiger partial charge < -0.3 is 9.51 Å². The van der Waals surface area contributed by atoms with Crippen LogP contribution < -0.4 is 0 Å². The zero-order valence-corrected chi connectivity index (χ0v) is 11.0. The molecule has 4 nitrogen and oxygen atoms in total. The Kier molecular flexibility index (Phi) is 3.13. The Balaban J connectivity index is 2.09. The molecule has 0 amide bonds. The highest BCUT2D eigenvalue weighted by atomic mass is 19.4. The number of carboxylic acids is 1. The monoisotopic (exact) mass is 306 g/mol. The van der Waals surface area contributed by atoms with Gasteiger partial charge in [0.15, 0.2) is 0 Å². The topological polar surface area (TPSA) is 54.6 Å². The number of aromatic nitrogens is 2. The normalized spacial score (nSPS) is 11.8. The van der Waals surface area contributed by atoms with Gasteiger partial charge in [0.05, 0.1) is 16.8 Å². The molecule has 2 heterocycles. The van der Waals surface area contributed by atoms with Crippen LogP contribution in [0.15, 0.2) is 48.8 Å². The van der Waals surface area contributed by atoms with Crippen LogP contribution in [0.25, 0.3) is 16.9 Å². The van der Waals surface area contributed by atoms with Crippen LogP contribution in [0.1, 0.15) is 15.9 Å². The van der Waals surface area contributed by atoms with Gasteiger partial charge in [0, 0.05) is 18.0 Å². The lowest BCUT2D eigenvalue weighted by molar-refractivity contribution is -0.137. The molecule has 0 bridgehead atoms. The molecule has 0 saturated carbocycles. The molecule has 22 heavy (non-hydrogen) atoms. The van der Waals surface area contributed by atoms with Crippen LogP contribution >= 0.6 is 0 Å². The van der Waals surface area contributed by atoms with Crippen molar-refractivity contribution in [1.82, 2.24) is 9.38 Å². The molecule has 1 N–H and O–H groups in total. The lowest BCUT2D eigenvalue weighted by Crippen LogP contribution is -2.04. The highest BCUT2D eigenvalue weighted by Crippen LogP contribution is 2.32. The standard InChI is InChI=1S/C15H9F3N2O2/c16-15(17,18)11-3-1-2-9(6-11)12-8-20-5-4-10(14(21)22)7-13(20)19-12/h1-8H,(H,21,22). The Morgan fingerprint density at radius 2 is 1.95 bits per heavy atom. The SMILES string of the molecule is O=C(O)c1ccn2cc(-c3cccc(C(F)(F)F)c3)nc2c1. The van der Waals surface area contributed by atoms with Gasteiger partial charge >= 0.3 is 12.1 Å². The number of fused-ring (bicyclic) bond motifs is 1. The van der Waals surface area contributed by atoms with E-state index in [2.05, 4.69) is 4.98 Å². The first-order valence-corrected chi connectivity index (χ1v) is 6.24. The lowest BCUT2D eigenvalue weighted by atomic mass is 10.1. The third-order valence-corrected chi connectivity index (χ3v) is 3.19. The summed E-state index contributed by atoms with van der Waals surface area (Å²) >= 11 is 0. The van der Waals surface area contributed by atoms with E-state index in [0.717, 1.165) is 12.1 Å². The molecular formula is C15H9F3N2O2. The molecule has 0 unspecified atom stereocenters. The quantitative estimate of drug-likeness (QED) is 0.785. The minimum atomic E-state index is -4.42. The number of rotatable bonds is 2. The van der Waals surface area contributed by atoms with E-state index in [0.29, 0.717) is 16.9 Å². The summed E-state index contributed by atoms with van der Waals surface area (Å²) < 4.78 is 39.8. The summed E-state index contributed by atoms with van der Waals surface area (Å²) in [4.78, 5) is 15.1. The molecule has 0 aliphatic rings. The van der Waals surface area contributed by atoms with E-state index >= 15 is 0 Å². The molecule has 0 fully saturated rings. The van der Waals surface area contributed by atoms with Crippen molar-refractivity contribution >= 4 is 11.6 Å². The molecule has 3 rings (SSSR count). The first-order chi connectivity index (χ1) is 10.3. The number of aromatic carboxylic acids is 1. The van der Waals surface area contributed by atoms with Gasteiger partial charge in [-0.1, -0.05) is 12.1 Å². The largest absolute Gasteiger partial charge is 0.478 e. The molecule has 0 atom stereocenters. The second kappa shape index (κ2) is 4.87. The van der Waals surface area contributed by atoms with Crippen LogP contribution in [0.2, 0.25) is 0 Å². The van der Waals surface area contributed by atoms with Crippen molar-refractivity contribution in [3.63, 3.8) is 0 Å². The molecule has 1 aromatic carbocycles. The Bertz CT molecular complexity index is 869. The number of carboxylic acid groups (broad SMARTS) is 1. The summed E-state index contributed by atoms with van der Waals surface area (Å²) in [5, 5.41) is 8.93. The van der Waals surface area contributed by atoms with Gasteiger partial charge in [0.2, 0.25) is 0 Å². The Morgan fingerprint density at radius 1 is 1.18 bits per heavy atom. The van der Waals surface area contributed by atoms with Gasteiger partial charge in [-0.2, -0.15) is 13.2 Å². The third kappa shape index (κ3) is 2.52. The number of imidazole rings is 1. The number of halogens is 3. The van der Waals surface area contributed by atoms with E-state index in [1.165, 1.54) is 30.5 Å². The first kappa shape index (κ1) is 14.1. The average molecular weight is 306 g/mol. The Hall–Kier alpha value is -2.83. The maximum Gasteiger partial charge on any atom is 0.416 e. The summed E-state index contributed by atoms with van der Waals surface area (Å²) in [6.07, 6.45) is -1.37. The van der Waals surface area contributed by atoms with Crippen LogP contribution in [0, 0.1) is 0 Å². The van der Waals surface area contributed by atoms with Gasteiger partial charge in [-0.25, -0.2) is 9.78 Å². The minimum absolute atomic E-state index is 0.0636. The summed E-state index contributed by atoms with van der Waals surface area (Å²) in [5.41, 5.74) is 0.318. The summed E-state index contributed by atoms with van der Waals surface area (Å²) in [6.45, 7) is 0. The van der Waals surface area contributed by atoms with Crippen molar-refractivity contribution in [3.8, 4) is 11.3 Å². The van der Waals surface area contributed by atoms with Crippen molar-refractivity contribution in [2.45, 2.75) is 6.18 Å². The van der Waals surface area contributed by atoms with E-state index in [9.17, 15) is 18.0 Å². The van der Waals surface area contributed by atoms with Crippen LogP contribution in [-0.4, -0.2) is 20.5 Å². The predicted molar refractivity (Wildman–Crippen MR) is 72.6 cm³/mol. The number of hydrogen-bond donors (Lipinski definition) is 1. The third-order valence-electron chi connectivity index (χ3n) is 3.19. The van der Waals surface area contributed by atoms with E-state index in [4.69, 9.17) is 5.11 Å². The molecular weight excluding hydrogens is 297 g/mol. The van der Waals surface area contributed by atoms with Gasteiger partial charge in [-0.05, 0) is 24.3 Å².